The predicted molar refractivity (Wildman–Crippen MR) is 83.7 cm³/mol. The number of carbonyl (C=O) groups is 1. The Balaban J connectivity index is 2.50. The summed E-state index contributed by atoms with van der Waals surface area (Å²) in [6.07, 6.45) is 4.33. The molecule has 1 aromatic rings. The second-order valence-corrected chi connectivity index (χ2v) is 10.1. The number of hydrogen-bond donors (Lipinski definition) is 0. The van der Waals surface area contributed by atoms with E-state index < -0.39 is 8.32 Å². The fraction of sp³-hybridized carbons (Fsp3) is 0.267. The van der Waals surface area contributed by atoms with Gasteiger partial charge in [-0.1, -0.05) is 42.5 Å². The van der Waals surface area contributed by atoms with E-state index in [-0.39, 0.29) is 5.97 Å². The zero-order chi connectivity index (χ0) is 14.5. The third kappa shape index (κ3) is 6.41. The Morgan fingerprint density at radius 1 is 1.32 bits per heavy atom. The van der Waals surface area contributed by atoms with E-state index in [1.807, 2.05) is 56.1 Å². The van der Waals surface area contributed by atoms with Gasteiger partial charge in [0.05, 0.1) is 0 Å². The van der Waals surface area contributed by atoms with E-state index in [1.54, 1.807) is 0 Å². The fourth-order valence-electron chi connectivity index (χ4n) is 1.34. The Bertz CT molecular complexity index is 484. The van der Waals surface area contributed by atoms with Crippen molar-refractivity contribution in [2.24, 2.45) is 0 Å². The molecule has 0 aliphatic rings. The zero-order valence-corrected chi connectivity index (χ0v) is 13.3. The molecule has 1 aromatic carbocycles. The van der Waals surface area contributed by atoms with Crippen molar-refractivity contribution < 1.29 is 9.22 Å². The second-order valence-electron chi connectivity index (χ2n) is 5.26. The molecule has 0 radical (unpaired) electrons. The number of hydrogen-bond acceptors (Lipinski definition) is 2. The normalized spacial score (nSPS) is 11.6. The van der Waals surface area contributed by atoms with Gasteiger partial charge in [0.15, 0.2) is 0 Å². The molecule has 1 rings (SSSR count). The molecular formula is C15H19ClO2Si. The molecule has 0 bridgehead atoms. The average molecular weight is 295 g/mol. The van der Waals surface area contributed by atoms with E-state index in [0.717, 1.165) is 5.56 Å². The Labute approximate surface area is 120 Å². The van der Waals surface area contributed by atoms with Crippen molar-refractivity contribution in [2.45, 2.75) is 26.1 Å². The molecular weight excluding hydrogens is 276 g/mol. The first-order valence-electron chi connectivity index (χ1n) is 6.11. The van der Waals surface area contributed by atoms with Crippen LogP contribution < -0.4 is 0 Å². The maximum Gasteiger partial charge on any atom is 0.320 e. The van der Waals surface area contributed by atoms with Gasteiger partial charge in [0.1, 0.15) is 0 Å². The molecule has 0 atom stereocenters. The summed E-state index contributed by atoms with van der Waals surface area (Å²) < 4.78 is 5.37. The Hall–Kier alpha value is -1.32. The third-order valence-electron chi connectivity index (χ3n) is 2.23. The number of rotatable bonds is 5. The van der Waals surface area contributed by atoms with E-state index in [9.17, 15) is 4.79 Å². The van der Waals surface area contributed by atoms with Crippen molar-refractivity contribution in [1.82, 2.24) is 0 Å². The molecule has 0 saturated heterocycles. The summed E-state index contributed by atoms with van der Waals surface area (Å²) in [6, 6.07) is 7.50. The molecule has 2 nitrogen and oxygen atoms in total. The van der Waals surface area contributed by atoms with Gasteiger partial charge < -0.3 is 4.43 Å². The molecule has 0 saturated carbocycles. The molecule has 19 heavy (non-hydrogen) atoms. The van der Waals surface area contributed by atoms with Crippen LogP contribution in [0, 0.1) is 0 Å². The van der Waals surface area contributed by atoms with Gasteiger partial charge in [-0.2, -0.15) is 0 Å². The number of benzene rings is 1. The maximum atomic E-state index is 11.7. The van der Waals surface area contributed by atoms with Crippen molar-refractivity contribution in [3.8, 4) is 0 Å². The van der Waals surface area contributed by atoms with Gasteiger partial charge in [0.25, 0.3) is 0 Å². The maximum absolute atomic E-state index is 11.7. The molecule has 0 fully saturated rings. The quantitative estimate of drug-likeness (QED) is 0.582. The molecule has 0 spiro atoms. The SMILES string of the molecule is C=C(C/C=C/c1ccc(Cl)cc1)C(=O)O[Si](C)(C)C. The number of allylic oxidation sites excluding steroid dienone is 1. The minimum absolute atomic E-state index is 0.292. The van der Waals surface area contributed by atoms with Gasteiger partial charge in [-0.3, -0.25) is 0 Å². The smallest absolute Gasteiger partial charge is 0.320 e. The number of halogens is 1. The van der Waals surface area contributed by atoms with E-state index in [0.29, 0.717) is 17.0 Å². The van der Waals surface area contributed by atoms with Crippen LogP contribution in [0.4, 0.5) is 0 Å². The van der Waals surface area contributed by atoms with Crippen LogP contribution in [0.15, 0.2) is 42.5 Å². The molecule has 0 aromatic heterocycles. The summed E-state index contributed by atoms with van der Waals surface area (Å²) in [7, 11) is -1.84. The molecule has 0 heterocycles. The monoisotopic (exact) mass is 294 g/mol. The van der Waals surface area contributed by atoms with Crippen LogP contribution in [0.1, 0.15) is 12.0 Å². The lowest BCUT2D eigenvalue weighted by molar-refractivity contribution is -0.130. The van der Waals surface area contributed by atoms with Crippen molar-refractivity contribution in [3.63, 3.8) is 0 Å². The van der Waals surface area contributed by atoms with E-state index in [2.05, 4.69) is 6.58 Å². The Kier molecular flexibility index (Phi) is 5.57. The standard InChI is InChI=1S/C15H19ClO2Si/c1-12(15(17)18-19(2,3)4)6-5-7-13-8-10-14(16)11-9-13/h5,7-11H,1,6H2,2-4H3/b7-5+. The van der Waals surface area contributed by atoms with E-state index >= 15 is 0 Å². The Morgan fingerprint density at radius 3 is 2.42 bits per heavy atom. The summed E-state index contributed by atoms with van der Waals surface area (Å²) in [5.41, 5.74) is 1.52. The van der Waals surface area contributed by atoms with E-state index in [4.69, 9.17) is 16.0 Å². The van der Waals surface area contributed by atoms with Crippen LogP contribution in [-0.2, 0) is 9.22 Å². The lowest BCUT2D eigenvalue weighted by atomic mass is 10.1. The Morgan fingerprint density at radius 2 is 1.89 bits per heavy atom. The van der Waals surface area contributed by atoms with Crippen LogP contribution in [0.5, 0.6) is 0 Å². The molecule has 4 heteroatoms. The van der Waals surface area contributed by atoms with Crippen molar-refractivity contribution in [3.05, 3.63) is 53.1 Å². The predicted octanol–water partition coefficient (Wildman–Crippen LogP) is 4.68. The summed E-state index contributed by atoms with van der Waals surface area (Å²) >= 11 is 5.80. The van der Waals surface area contributed by atoms with Crippen molar-refractivity contribution in [1.29, 1.82) is 0 Å². The van der Waals surface area contributed by atoms with Crippen molar-refractivity contribution >= 4 is 32.0 Å². The highest BCUT2D eigenvalue weighted by molar-refractivity contribution is 6.71. The minimum atomic E-state index is -1.84. The van der Waals surface area contributed by atoms with Gasteiger partial charge in [0.2, 0.25) is 8.32 Å². The van der Waals surface area contributed by atoms with Crippen LogP contribution >= 0.6 is 11.6 Å². The number of carbonyl (C=O) groups excluding carboxylic acids is 1. The summed E-state index contributed by atoms with van der Waals surface area (Å²) in [6.45, 7) is 9.68. The summed E-state index contributed by atoms with van der Waals surface area (Å²) in [4.78, 5) is 11.7. The first-order chi connectivity index (χ1) is 8.78. The lowest BCUT2D eigenvalue weighted by Crippen LogP contribution is -2.29. The van der Waals surface area contributed by atoms with Crippen LogP contribution in [0.3, 0.4) is 0 Å². The molecule has 0 amide bonds. The highest BCUT2D eigenvalue weighted by Gasteiger charge is 2.20. The lowest BCUT2D eigenvalue weighted by Gasteiger charge is -2.17. The van der Waals surface area contributed by atoms with Crippen molar-refractivity contribution in [2.75, 3.05) is 0 Å². The third-order valence-corrected chi connectivity index (χ3v) is 3.28. The summed E-state index contributed by atoms with van der Waals surface area (Å²) in [5.74, 6) is -0.292. The highest BCUT2D eigenvalue weighted by Crippen LogP contribution is 2.13. The minimum Gasteiger partial charge on any atom is -0.517 e. The average Bonchev–Trinajstić information content (AvgIpc) is 2.29. The van der Waals surface area contributed by atoms with Crippen LogP contribution in [0.25, 0.3) is 6.08 Å². The van der Waals surface area contributed by atoms with Crippen LogP contribution in [-0.4, -0.2) is 14.3 Å². The molecule has 0 N–H and O–H groups in total. The second kappa shape index (κ2) is 6.73. The topological polar surface area (TPSA) is 26.3 Å². The summed E-state index contributed by atoms with van der Waals surface area (Å²) in [5, 5.41) is 0.709. The molecule has 102 valence electrons. The largest absolute Gasteiger partial charge is 0.517 e. The van der Waals surface area contributed by atoms with Gasteiger partial charge in [-0.15, -0.1) is 0 Å². The van der Waals surface area contributed by atoms with Gasteiger partial charge in [0, 0.05) is 10.6 Å². The van der Waals surface area contributed by atoms with Gasteiger partial charge in [-0.05, 0) is 43.8 Å². The van der Waals surface area contributed by atoms with E-state index in [1.165, 1.54) is 0 Å². The van der Waals surface area contributed by atoms with Gasteiger partial charge in [-0.25, -0.2) is 4.79 Å². The first kappa shape index (κ1) is 15.7. The zero-order valence-electron chi connectivity index (χ0n) is 11.6. The highest BCUT2D eigenvalue weighted by atomic mass is 35.5. The van der Waals surface area contributed by atoms with Gasteiger partial charge >= 0.3 is 5.97 Å². The molecule has 0 unspecified atom stereocenters. The van der Waals surface area contributed by atoms with Crippen LogP contribution in [0.2, 0.25) is 24.7 Å². The fourth-order valence-corrected chi connectivity index (χ4v) is 2.17. The first-order valence-corrected chi connectivity index (χ1v) is 9.90. The molecule has 0 aliphatic heterocycles. The molecule has 0 aliphatic carbocycles.